The minimum atomic E-state index is -0.440. The molecule has 1 unspecified atom stereocenters. The average molecular weight is 346 g/mol. The van der Waals surface area contributed by atoms with Crippen molar-refractivity contribution in [3.63, 3.8) is 0 Å². The number of benzene rings is 1. The molecule has 1 N–H and O–H groups in total. The van der Waals surface area contributed by atoms with Gasteiger partial charge in [-0.2, -0.15) is 0 Å². The Morgan fingerprint density at radius 3 is 2.65 bits per heavy atom. The molecule has 1 aliphatic carbocycles. The zero-order chi connectivity index (χ0) is 14.5. The van der Waals surface area contributed by atoms with Crippen molar-refractivity contribution in [2.24, 2.45) is 11.8 Å². The Morgan fingerprint density at radius 2 is 2.00 bits per heavy atom. The highest BCUT2D eigenvalue weighted by atomic mass is 79.9. The predicted molar refractivity (Wildman–Crippen MR) is 81.8 cm³/mol. The second kappa shape index (κ2) is 7.51. The summed E-state index contributed by atoms with van der Waals surface area (Å²) in [6, 6.07) is 2.78. The smallest absolute Gasteiger partial charge is 0.143 e. The molecule has 0 aliphatic heterocycles. The van der Waals surface area contributed by atoms with Gasteiger partial charge in [0.25, 0.3) is 0 Å². The van der Waals surface area contributed by atoms with E-state index >= 15 is 0 Å². The molecule has 0 heterocycles. The van der Waals surface area contributed by atoms with Crippen LogP contribution in [0.2, 0.25) is 0 Å². The topological polar surface area (TPSA) is 12.0 Å². The second-order valence-electron chi connectivity index (χ2n) is 5.64. The number of nitrogens with one attached hydrogen (secondary N) is 1. The molecule has 1 nitrogen and oxygen atoms in total. The molecule has 0 aromatic heterocycles. The third kappa shape index (κ3) is 3.79. The summed E-state index contributed by atoms with van der Waals surface area (Å²) in [7, 11) is 0. The standard InChI is InChI=1S/C16H22BrF2N/c1-2-20-10-12(11-5-3-4-6-11)9-13-15(18)8-7-14(17)16(13)19/h7-8,11-12,20H,2-6,9-10H2,1H3. The molecular formula is C16H22BrF2N. The van der Waals surface area contributed by atoms with Crippen LogP contribution in [0.25, 0.3) is 0 Å². The van der Waals surface area contributed by atoms with Crippen molar-refractivity contribution < 1.29 is 8.78 Å². The molecule has 0 saturated heterocycles. The Morgan fingerprint density at radius 1 is 1.30 bits per heavy atom. The summed E-state index contributed by atoms with van der Waals surface area (Å²) in [5.41, 5.74) is 0.231. The first-order valence-electron chi connectivity index (χ1n) is 7.46. The molecule has 0 amide bonds. The van der Waals surface area contributed by atoms with E-state index in [9.17, 15) is 8.78 Å². The molecular weight excluding hydrogens is 324 g/mol. The van der Waals surface area contributed by atoms with Crippen LogP contribution in [0, 0.1) is 23.5 Å². The Labute approximate surface area is 128 Å². The van der Waals surface area contributed by atoms with Crippen LogP contribution >= 0.6 is 15.9 Å². The van der Waals surface area contributed by atoms with Crippen molar-refractivity contribution in [3.05, 3.63) is 33.8 Å². The average Bonchev–Trinajstić information content (AvgIpc) is 2.96. The van der Waals surface area contributed by atoms with Gasteiger partial charge in [-0.05, 0) is 59.4 Å². The minimum absolute atomic E-state index is 0.231. The molecule has 20 heavy (non-hydrogen) atoms. The van der Waals surface area contributed by atoms with Crippen LogP contribution in [-0.4, -0.2) is 13.1 Å². The summed E-state index contributed by atoms with van der Waals surface area (Å²) in [6.45, 7) is 3.80. The van der Waals surface area contributed by atoms with Crippen LogP contribution in [0.1, 0.15) is 38.2 Å². The molecule has 2 rings (SSSR count). The van der Waals surface area contributed by atoms with Crippen LogP contribution < -0.4 is 5.32 Å². The lowest BCUT2D eigenvalue weighted by molar-refractivity contribution is 0.316. The molecule has 1 aliphatic rings. The van der Waals surface area contributed by atoms with E-state index in [1.165, 1.54) is 37.8 Å². The lowest BCUT2D eigenvalue weighted by Crippen LogP contribution is -2.29. The summed E-state index contributed by atoms with van der Waals surface area (Å²) in [5.74, 6) is 0.0391. The van der Waals surface area contributed by atoms with Gasteiger partial charge in [0.2, 0.25) is 0 Å². The van der Waals surface area contributed by atoms with Crippen molar-refractivity contribution in [3.8, 4) is 0 Å². The first kappa shape index (κ1) is 15.9. The van der Waals surface area contributed by atoms with E-state index in [0.717, 1.165) is 13.1 Å². The van der Waals surface area contributed by atoms with E-state index < -0.39 is 11.6 Å². The van der Waals surface area contributed by atoms with Crippen molar-refractivity contribution in [1.29, 1.82) is 0 Å². The zero-order valence-corrected chi connectivity index (χ0v) is 13.5. The zero-order valence-electron chi connectivity index (χ0n) is 11.9. The van der Waals surface area contributed by atoms with Gasteiger partial charge in [-0.1, -0.05) is 32.6 Å². The van der Waals surface area contributed by atoms with Gasteiger partial charge in [0.1, 0.15) is 11.6 Å². The number of hydrogen-bond acceptors (Lipinski definition) is 1. The lowest BCUT2D eigenvalue weighted by Gasteiger charge is -2.24. The predicted octanol–water partition coefficient (Wildman–Crippen LogP) is 4.69. The number of hydrogen-bond donors (Lipinski definition) is 1. The first-order chi connectivity index (χ1) is 9.63. The van der Waals surface area contributed by atoms with Crippen molar-refractivity contribution in [2.45, 2.75) is 39.0 Å². The molecule has 112 valence electrons. The summed E-state index contributed by atoms with van der Waals surface area (Å²) in [6.07, 6.45) is 5.35. The molecule has 1 aromatic rings. The lowest BCUT2D eigenvalue weighted by atomic mass is 9.85. The van der Waals surface area contributed by atoms with Crippen LogP contribution in [0.4, 0.5) is 8.78 Å². The molecule has 0 bridgehead atoms. The number of halogens is 3. The fourth-order valence-corrected chi connectivity index (χ4v) is 3.55. The van der Waals surface area contributed by atoms with Crippen molar-refractivity contribution in [1.82, 2.24) is 5.32 Å². The van der Waals surface area contributed by atoms with Gasteiger partial charge in [0.05, 0.1) is 4.47 Å². The Bertz CT molecular complexity index is 444. The van der Waals surface area contributed by atoms with Gasteiger partial charge >= 0.3 is 0 Å². The maximum atomic E-state index is 14.1. The monoisotopic (exact) mass is 345 g/mol. The van der Waals surface area contributed by atoms with Crippen LogP contribution in [-0.2, 0) is 6.42 Å². The minimum Gasteiger partial charge on any atom is -0.317 e. The van der Waals surface area contributed by atoms with E-state index in [0.29, 0.717) is 22.7 Å². The van der Waals surface area contributed by atoms with E-state index in [4.69, 9.17) is 0 Å². The molecule has 0 spiro atoms. The quantitative estimate of drug-likeness (QED) is 0.737. The Kier molecular flexibility index (Phi) is 5.97. The van der Waals surface area contributed by atoms with Gasteiger partial charge in [-0.25, -0.2) is 8.78 Å². The summed E-state index contributed by atoms with van der Waals surface area (Å²) in [5, 5.41) is 3.34. The number of rotatable bonds is 6. The molecule has 1 fully saturated rings. The maximum Gasteiger partial charge on any atom is 0.143 e. The van der Waals surface area contributed by atoms with Gasteiger partial charge in [0, 0.05) is 5.56 Å². The van der Waals surface area contributed by atoms with Gasteiger partial charge < -0.3 is 5.32 Å². The normalized spacial score (nSPS) is 17.6. The third-order valence-electron chi connectivity index (χ3n) is 4.33. The highest BCUT2D eigenvalue weighted by molar-refractivity contribution is 9.10. The third-order valence-corrected chi connectivity index (χ3v) is 4.94. The second-order valence-corrected chi connectivity index (χ2v) is 6.49. The van der Waals surface area contributed by atoms with E-state index in [1.807, 2.05) is 0 Å². The molecule has 4 heteroatoms. The fourth-order valence-electron chi connectivity index (χ4n) is 3.18. The highest BCUT2D eigenvalue weighted by Crippen LogP contribution is 2.34. The molecule has 1 atom stereocenters. The summed E-state index contributed by atoms with van der Waals surface area (Å²) in [4.78, 5) is 0. The van der Waals surface area contributed by atoms with Crippen LogP contribution in [0.5, 0.6) is 0 Å². The molecule has 0 radical (unpaired) electrons. The van der Waals surface area contributed by atoms with Crippen LogP contribution in [0.3, 0.4) is 0 Å². The van der Waals surface area contributed by atoms with Gasteiger partial charge in [-0.15, -0.1) is 0 Å². The van der Waals surface area contributed by atoms with E-state index in [-0.39, 0.29) is 5.56 Å². The molecule has 1 aromatic carbocycles. The first-order valence-corrected chi connectivity index (χ1v) is 8.25. The van der Waals surface area contributed by atoms with Crippen LogP contribution in [0.15, 0.2) is 16.6 Å². The summed E-state index contributed by atoms with van der Waals surface area (Å²) < 4.78 is 28.4. The van der Waals surface area contributed by atoms with E-state index in [2.05, 4.69) is 28.2 Å². The van der Waals surface area contributed by atoms with Gasteiger partial charge in [0.15, 0.2) is 0 Å². The van der Waals surface area contributed by atoms with Crippen molar-refractivity contribution >= 4 is 15.9 Å². The van der Waals surface area contributed by atoms with Gasteiger partial charge in [-0.3, -0.25) is 0 Å². The fraction of sp³-hybridized carbons (Fsp3) is 0.625. The highest BCUT2D eigenvalue weighted by Gasteiger charge is 2.27. The maximum absolute atomic E-state index is 14.1. The summed E-state index contributed by atoms with van der Waals surface area (Å²) >= 11 is 3.15. The molecule has 1 saturated carbocycles. The largest absolute Gasteiger partial charge is 0.317 e. The SMILES string of the molecule is CCNCC(Cc1c(F)ccc(Br)c1F)C1CCCC1. The Hall–Kier alpha value is -0.480. The van der Waals surface area contributed by atoms with Crippen molar-refractivity contribution in [2.75, 3.05) is 13.1 Å². The van der Waals surface area contributed by atoms with E-state index in [1.54, 1.807) is 0 Å². The Balaban J connectivity index is 2.16.